The molecule has 0 aliphatic carbocycles. The first-order chi connectivity index (χ1) is 9.85. The van der Waals surface area contributed by atoms with Crippen molar-refractivity contribution in [1.29, 1.82) is 0 Å². The zero-order valence-corrected chi connectivity index (χ0v) is 13.2. The number of hydrogen-bond donors (Lipinski definition) is 2. The molecule has 0 heterocycles. The van der Waals surface area contributed by atoms with Crippen LogP contribution in [-0.4, -0.2) is 37.4 Å². The van der Waals surface area contributed by atoms with E-state index in [1.165, 1.54) is 12.6 Å². The van der Waals surface area contributed by atoms with Gasteiger partial charge in [-0.15, -0.1) is 0 Å². The molecule has 1 aromatic carbocycles. The van der Waals surface area contributed by atoms with Gasteiger partial charge in [0.15, 0.2) is 0 Å². The Morgan fingerprint density at radius 3 is 2.43 bits per heavy atom. The fourth-order valence-electron chi connectivity index (χ4n) is 1.72. The SMILES string of the molecule is CCCCc1ccc(NS(=O)(=O)N(C)CCC(=O)O)cc1. The molecule has 1 aromatic rings. The number of carboxylic acids is 1. The molecule has 0 aliphatic heterocycles. The molecule has 0 bridgehead atoms. The first kappa shape index (κ1) is 17.5. The molecule has 0 unspecified atom stereocenters. The number of carboxylic acid groups (broad SMARTS) is 1. The number of hydrogen-bond acceptors (Lipinski definition) is 3. The van der Waals surface area contributed by atoms with Crippen molar-refractivity contribution in [3.05, 3.63) is 29.8 Å². The summed E-state index contributed by atoms with van der Waals surface area (Å²) in [5.74, 6) is -1.03. The Hall–Kier alpha value is -1.60. The van der Waals surface area contributed by atoms with Gasteiger partial charge < -0.3 is 5.11 Å². The van der Waals surface area contributed by atoms with Crippen molar-refractivity contribution in [1.82, 2.24) is 4.31 Å². The summed E-state index contributed by atoms with van der Waals surface area (Å²) in [4.78, 5) is 10.5. The van der Waals surface area contributed by atoms with Gasteiger partial charge in [0.25, 0.3) is 0 Å². The summed E-state index contributed by atoms with van der Waals surface area (Å²) in [6, 6.07) is 7.22. The number of aliphatic carboxylic acids is 1. The lowest BCUT2D eigenvalue weighted by molar-refractivity contribution is -0.137. The second kappa shape index (κ2) is 7.99. The van der Waals surface area contributed by atoms with Crippen LogP contribution in [0.3, 0.4) is 0 Å². The number of nitrogens with zero attached hydrogens (tertiary/aromatic N) is 1. The van der Waals surface area contributed by atoms with Gasteiger partial charge in [-0.05, 0) is 30.5 Å². The largest absolute Gasteiger partial charge is 0.481 e. The lowest BCUT2D eigenvalue weighted by Crippen LogP contribution is -2.34. The van der Waals surface area contributed by atoms with E-state index in [2.05, 4.69) is 11.6 Å². The average molecular weight is 314 g/mol. The fourth-order valence-corrected chi connectivity index (χ4v) is 2.64. The Kier molecular flexibility index (Phi) is 6.64. The van der Waals surface area contributed by atoms with E-state index in [1.807, 2.05) is 12.1 Å². The molecule has 0 fully saturated rings. The zero-order chi connectivity index (χ0) is 15.9. The highest BCUT2D eigenvalue weighted by Crippen LogP contribution is 2.14. The number of anilines is 1. The van der Waals surface area contributed by atoms with Crippen molar-refractivity contribution >= 4 is 21.9 Å². The van der Waals surface area contributed by atoms with Crippen LogP contribution in [0.5, 0.6) is 0 Å². The van der Waals surface area contributed by atoms with E-state index in [1.54, 1.807) is 12.1 Å². The molecule has 0 aliphatic rings. The molecule has 7 heteroatoms. The van der Waals surface area contributed by atoms with Crippen LogP contribution in [0.15, 0.2) is 24.3 Å². The number of nitrogens with one attached hydrogen (secondary N) is 1. The van der Waals surface area contributed by atoms with Crippen LogP contribution in [0.1, 0.15) is 31.7 Å². The van der Waals surface area contributed by atoms with Gasteiger partial charge in [-0.25, -0.2) is 0 Å². The van der Waals surface area contributed by atoms with Gasteiger partial charge in [-0.3, -0.25) is 9.52 Å². The summed E-state index contributed by atoms with van der Waals surface area (Å²) < 4.78 is 27.4. The van der Waals surface area contributed by atoms with E-state index in [0.29, 0.717) is 5.69 Å². The second-order valence-electron chi connectivity index (χ2n) is 4.87. The number of benzene rings is 1. The Labute approximate surface area is 126 Å². The number of unbranched alkanes of at least 4 members (excludes halogenated alkanes) is 1. The lowest BCUT2D eigenvalue weighted by Gasteiger charge is -2.17. The number of rotatable bonds is 9. The smallest absolute Gasteiger partial charge is 0.304 e. The van der Waals surface area contributed by atoms with Gasteiger partial charge in [0.05, 0.1) is 6.42 Å². The second-order valence-corrected chi connectivity index (χ2v) is 6.65. The normalized spacial score (nSPS) is 11.6. The van der Waals surface area contributed by atoms with E-state index in [-0.39, 0.29) is 13.0 Å². The van der Waals surface area contributed by atoms with Crippen molar-refractivity contribution in [3.63, 3.8) is 0 Å². The molecule has 118 valence electrons. The van der Waals surface area contributed by atoms with Crippen LogP contribution < -0.4 is 4.72 Å². The summed E-state index contributed by atoms with van der Waals surface area (Å²) in [5, 5.41) is 8.58. The van der Waals surface area contributed by atoms with Crippen LogP contribution >= 0.6 is 0 Å². The Bertz CT molecular complexity index is 555. The standard InChI is InChI=1S/C14H22N2O4S/c1-3-4-5-12-6-8-13(9-7-12)15-21(19,20)16(2)11-10-14(17)18/h6-9,15H,3-5,10-11H2,1-2H3,(H,17,18). The molecule has 2 N–H and O–H groups in total. The van der Waals surface area contributed by atoms with Crippen molar-refractivity contribution in [2.45, 2.75) is 32.6 Å². The maximum Gasteiger partial charge on any atom is 0.304 e. The van der Waals surface area contributed by atoms with Crippen LogP contribution in [0.4, 0.5) is 5.69 Å². The summed E-state index contributed by atoms with van der Waals surface area (Å²) in [7, 11) is -2.37. The third-order valence-corrected chi connectivity index (χ3v) is 4.57. The van der Waals surface area contributed by atoms with E-state index >= 15 is 0 Å². The zero-order valence-electron chi connectivity index (χ0n) is 12.4. The van der Waals surface area contributed by atoms with Gasteiger partial charge in [0.2, 0.25) is 0 Å². The van der Waals surface area contributed by atoms with Gasteiger partial charge in [0, 0.05) is 19.3 Å². The molecule has 21 heavy (non-hydrogen) atoms. The minimum Gasteiger partial charge on any atom is -0.481 e. The van der Waals surface area contributed by atoms with Crippen molar-refractivity contribution in [2.75, 3.05) is 18.3 Å². The lowest BCUT2D eigenvalue weighted by atomic mass is 10.1. The van der Waals surface area contributed by atoms with Crippen molar-refractivity contribution < 1.29 is 18.3 Å². The summed E-state index contributed by atoms with van der Waals surface area (Å²) >= 11 is 0. The fraction of sp³-hybridized carbons (Fsp3) is 0.500. The quantitative estimate of drug-likeness (QED) is 0.730. The van der Waals surface area contributed by atoms with Gasteiger partial charge >= 0.3 is 16.2 Å². The Morgan fingerprint density at radius 1 is 1.29 bits per heavy atom. The molecule has 0 radical (unpaired) electrons. The molecule has 6 nitrogen and oxygen atoms in total. The highest BCUT2D eigenvalue weighted by molar-refractivity contribution is 7.90. The molecule has 0 aromatic heterocycles. The maximum absolute atomic E-state index is 12.0. The van der Waals surface area contributed by atoms with Crippen LogP contribution in [-0.2, 0) is 21.4 Å². The molecule has 0 saturated heterocycles. The minimum absolute atomic E-state index is 0.0702. The molecule has 1 rings (SSSR count). The van der Waals surface area contributed by atoms with Gasteiger partial charge in [-0.1, -0.05) is 25.5 Å². The van der Waals surface area contributed by atoms with Crippen molar-refractivity contribution in [3.8, 4) is 0 Å². The van der Waals surface area contributed by atoms with Crippen LogP contribution in [0.2, 0.25) is 0 Å². The average Bonchev–Trinajstić information content (AvgIpc) is 2.43. The molecular weight excluding hydrogens is 292 g/mol. The van der Waals surface area contributed by atoms with E-state index < -0.39 is 16.2 Å². The Balaban J connectivity index is 2.64. The van der Waals surface area contributed by atoms with Crippen LogP contribution in [0.25, 0.3) is 0 Å². The maximum atomic E-state index is 12.0. The highest BCUT2D eigenvalue weighted by atomic mass is 32.2. The van der Waals surface area contributed by atoms with Gasteiger partial charge in [-0.2, -0.15) is 12.7 Å². The molecule has 0 saturated carbocycles. The predicted octanol–water partition coefficient (Wildman–Crippen LogP) is 2.09. The van der Waals surface area contributed by atoms with Gasteiger partial charge in [0.1, 0.15) is 0 Å². The Morgan fingerprint density at radius 2 is 1.90 bits per heavy atom. The molecule has 0 amide bonds. The number of aryl methyl sites for hydroxylation is 1. The first-order valence-corrected chi connectivity index (χ1v) is 8.34. The molecule has 0 spiro atoms. The summed E-state index contributed by atoms with van der Waals surface area (Å²) in [6.45, 7) is 2.05. The van der Waals surface area contributed by atoms with E-state index in [4.69, 9.17) is 5.11 Å². The highest BCUT2D eigenvalue weighted by Gasteiger charge is 2.18. The van der Waals surface area contributed by atoms with E-state index in [0.717, 1.165) is 23.6 Å². The van der Waals surface area contributed by atoms with Crippen molar-refractivity contribution in [2.24, 2.45) is 0 Å². The monoisotopic (exact) mass is 314 g/mol. The number of carbonyl (C=O) groups is 1. The topological polar surface area (TPSA) is 86.7 Å². The van der Waals surface area contributed by atoms with E-state index in [9.17, 15) is 13.2 Å². The minimum atomic E-state index is -3.72. The summed E-state index contributed by atoms with van der Waals surface area (Å²) in [5.41, 5.74) is 1.64. The molecule has 0 atom stereocenters. The third kappa shape index (κ3) is 6.14. The predicted molar refractivity (Wildman–Crippen MR) is 82.5 cm³/mol. The first-order valence-electron chi connectivity index (χ1n) is 6.90. The van der Waals surface area contributed by atoms with Crippen LogP contribution in [0, 0.1) is 0 Å². The summed E-state index contributed by atoms with van der Waals surface area (Å²) in [6.07, 6.45) is 2.96. The molecular formula is C14H22N2O4S. The third-order valence-electron chi connectivity index (χ3n) is 3.07.